The summed E-state index contributed by atoms with van der Waals surface area (Å²) in [6, 6.07) is 26.7. The number of aliphatic hydroxyl groups excluding tert-OH is 1. The molecule has 1 aliphatic rings. The van der Waals surface area contributed by atoms with Crippen molar-refractivity contribution in [2.45, 2.75) is 57.1 Å². The van der Waals surface area contributed by atoms with Gasteiger partial charge in [-0.05, 0) is 47.4 Å². The average Bonchev–Trinajstić information content (AvgIpc) is 3.12. The van der Waals surface area contributed by atoms with E-state index in [-0.39, 0.29) is 42.6 Å². The molecule has 0 spiro atoms. The van der Waals surface area contributed by atoms with Crippen LogP contribution in [0.25, 0.3) is 0 Å². The molecule has 5 atom stereocenters. The summed E-state index contributed by atoms with van der Waals surface area (Å²) >= 11 is 6.63. The summed E-state index contributed by atoms with van der Waals surface area (Å²) in [5.41, 5.74) is 0.858. The first-order valence-corrected chi connectivity index (χ1v) is 16.1. The molecule has 4 aromatic carbocycles. The van der Waals surface area contributed by atoms with Crippen LogP contribution in [-0.2, 0) is 49.2 Å². The Morgan fingerprint density at radius 3 is 2.12 bits per heavy atom. The van der Waals surface area contributed by atoms with E-state index < -0.39 is 47.8 Å². The maximum Gasteiger partial charge on any atom is 0.225 e. The van der Waals surface area contributed by atoms with Crippen LogP contribution in [0.1, 0.15) is 41.7 Å². The molecule has 48 heavy (non-hydrogen) atoms. The maximum absolute atomic E-state index is 15.2. The summed E-state index contributed by atoms with van der Waals surface area (Å²) in [7, 11) is 1.41. The van der Waals surface area contributed by atoms with Crippen molar-refractivity contribution in [3.63, 3.8) is 0 Å². The lowest BCUT2D eigenvalue weighted by Gasteiger charge is -2.54. The number of carbonyl (C=O) groups excluding carboxylic acids is 1. The van der Waals surface area contributed by atoms with Crippen molar-refractivity contribution >= 4 is 17.9 Å². The molecule has 4 aromatic rings. The first kappa shape index (κ1) is 35.6. The molecular formula is C38H39ClF2O7. The van der Waals surface area contributed by atoms with Crippen molar-refractivity contribution in [3.05, 3.63) is 135 Å². The number of hydrogen-bond donors (Lipinski definition) is 1. The van der Waals surface area contributed by atoms with E-state index in [1.807, 2.05) is 60.7 Å². The highest BCUT2D eigenvalue weighted by Crippen LogP contribution is 2.49. The zero-order valence-electron chi connectivity index (χ0n) is 27.0. The van der Waals surface area contributed by atoms with Crippen LogP contribution < -0.4 is 4.74 Å². The number of aldehydes is 1. The minimum absolute atomic E-state index is 0.0539. The van der Waals surface area contributed by atoms with Gasteiger partial charge in [0.05, 0.1) is 32.5 Å². The smallest absolute Gasteiger partial charge is 0.225 e. The molecule has 1 aliphatic heterocycles. The van der Waals surface area contributed by atoms with Crippen LogP contribution in [-0.4, -0.2) is 49.5 Å². The quantitative estimate of drug-likeness (QED) is 0.141. The fourth-order valence-corrected chi connectivity index (χ4v) is 6.29. The SMILES string of the molecule is CCOc1ccc(Cc2cc([C@]3(OC)O[C@](C=O)(CO)[C@@H](C)[C@H](OCc4ccccc4)[C@H]3OCc3ccccc3)ccc2Cl)c(F)c1F. The van der Waals surface area contributed by atoms with Gasteiger partial charge in [-0.25, -0.2) is 4.39 Å². The second-order valence-electron chi connectivity index (χ2n) is 11.7. The van der Waals surface area contributed by atoms with Gasteiger partial charge in [-0.1, -0.05) is 91.3 Å². The van der Waals surface area contributed by atoms with Gasteiger partial charge in [0.2, 0.25) is 11.6 Å². The predicted octanol–water partition coefficient (Wildman–Crippen LogP) is 7.17. The van der Waals surface area contributed by atoms with Crippen LogP contribution in [0, 0.1) is 17.6 Å². The van der Waals surface area contributed by atoms with Gasteiger partial charge in [0.25, 0.3) is 0 Å². The van der Waals surface area contributed by atoms with Crippen molar-refractivity contribution in [3.8, 4) is 5.75 Å². The van der Waals surface area contributed by atoms with Crippen molar-refractivity contribution in [2.24, 2.45) is 5.92 Å². The first-order valence-electron chi connectivity index (χ1n) is 15.7. The summed E-state index contributed by atoms with van der Waals surface area (Å²) in [4.78, 5) is 12.8. The van der Waals surface area contributed by atoms with Crippen LogP contribution in [0.4, 0.5) is 8.78 Å². The number of ether oxygens (including phenoxy) is 5. The number of hydrogen-bond acceptors (Lipinski definition) is 7. The number of methoxy groups -OCH3 is 1. The molecule has 5 rings (SSSR count). The first-order chi connectivity index (χ1) is 23.2. The van der Waals surface area contributed by atoms with Crippen LogP contribution in [0.15, 0.2) is 91.0 Å². The van der Waals surface area contributed by atoms with Gasteiger partial charge in [-0.2, -0.15) is 4.39 Å². The largest absolute Gasteiger partial charge is 0.491 e. The fourth-order valence-electron chi connectivity index (χ4n) is 6.10. The van der Waals surface area contributed by atoms with Crippen molar-refractivity contribution < 1.29 is 42.4 Å². The minimum Gasteiger partial charge on any atom is -0.491 e. The lowest BCUT2D eigenvalue weighted by Crippen LogP contribution is -2.68. The van der Waals surface area contributed by atoms with Crippen molar-refractivity contribution in [1.82, 2.24) is 0 Å². The molecule has 0 aliphatic carbocycles. The number of carbonyl (C=O) groups is 1. The highest BCUT2D eigenvalue weighted by molar-refractivity contribution is 6.31. The zero-order chi connectivity index (χ0) is 34.3. The molecule has 1 N–H and O–H groups in total. The Labute approximate surface area is 284 Å². The van der Waals surface area contributed by atoms with E-state index in [1.54, 1.807) is 32.0 Å². The third kappa shape index (κ3) is 7.17. The van der Waals surface area contributed by atoms with E-state index in [0.29, 0.717) is 17.4 Å². The van der Waals surface area contributed by atoms with Gasteiger partial charge in [0.1, 0.15) is 6.10 Å². The Hall–Kier alpha value is -3.70. The Bertz CT molecular complexity index is 1670. The van der Waals surface area contributed by atoms with Gasteiger partial charge in [-0.3, -0.25) is 0 Å². The van der Waals surface area contributed by atoms with Crippen molar-refractivity contribution in [2.75, 3.05) is 20.3 Å². The molecular weight excluding hydrogens is 642 g/mol. The van der Waals surface area contributed by atoms with Gasteiger partial charge in [-0.15, -0.1) is 0 Å². The molecule has 254 valence electrons. The normalized spacial score (nSPS) is 23.9. The lowest BCUT2D eigenvalue weighted by molar-refractivity contribution is -0.389. The van der Waals surface area contributed by atoms with E-state index in [9.17, 15) is 14.3 Å². The van der Waals surface area contributed by atoms with Crippen molar-refractivity contribution in [1.29, 1.82) is 0 Å². The Balaban J connectivity index is 1.61. The van der Waals surface area contributed by atoms with Crippen LogP contribution >= 0.6 is 11.6 Å². The van der Waals surface area contributed by atoms with E-state index in [1.165, 1.54) is 19.2 Å². The second-order valence-corrected chi connectivity index (χ2v) is 12.1. The average molecular weight is 681 g/mol. The van der Waals surface area contributed by atoms with Gasteiger partial charge in [0, 0.05) is 30.0 Å². The number of halogens is 3. The standard InChI is InChI=1S/C38H39ClF2O7/c1-4-45-32-18-15-28(33(40)34(32)41)19-29-20-30(16-17-31(29)39)38(44-3)36(47-22-27-13-9-6-10-14-27)35(25(2)37(23-42,24-43)48-38)46-21-26-11-7-5-8-12-26/h5-18,20,23,25,35-36,43H,4,19,21-22,24H2,1-3H3/t25-,35-,36+,37+,38-/m0/s1. The molecule has 0 amide bonds. The summed E-state index contributed by atoms with van der Waals surface area (Å²) in [6.07, 6.45) is -1.35. The molecule has 0 radical (unpaired) electrons. The number of benzene rings is 4. The zero-order valence-corrected chi connectivity index (χ0v) is 27.8. The maximum atomic E-state index is 15.2. The molecule has 1 heterocycles. The highest BCUT2D eigenvalue weighted by atomic mass is 35.5. The minimum atomic E-state index is -1.83. The molecule has 7 nitrogen and oxygen atoms in total. The molecule has 0 bridgehead atoms. The van der Waals surface area contributed by atoms with E-state index in [4.69, 9.17) is 35.3 Å². The molecule has 1 fully saturated rings. The molecule has 0 saturated carbocycles. The summed E-state index contributed by atoms with van der Waals surface area (Å²) < 4.78 is 61.1. The van der Waals surface area contributed by atoms with Gasteiger partial charge < -0.3 is 33.6 Å². The summed E-state index contributed by atoms with van der Waals surface area (Å²) in [6.45, 7) is 3.27. The summed E-state index contributed by atoms with van der Waals surface area (Å²) in [5.74, 6) is -4.85. The summed E-state index contributed by atoms with van der Waals surface area (Å²) in [5, 5.41) is 11.0. The van der Waals surface area contributed by atoms with Crippen LogP contribution in [0.3, 0.4) is 0 Å². The Morgan fingerprint density at radius 2 is 1.54 bits per heavy atom. The lowest BCUT2D eigenvalue weighted by atomic mass is 9.76. The molecule has 10 heteroatoms. The van der Waals surface area contributed by atoms with Crippen LogP contribution in [0.5, 0.6) is 5.75 Å². The van der Waals surface area contributed by atoms with E-state index in [2.05, 4.69) is 0 Å². The monoisotopic (exact) mass is 680 g/mol. The Morgan fingerprint density at radius 1 is 0.896 bits per heavy atom. The van der Waals surface area contributed by atoms with Gasteiger partial charge in [0.15, 0.2) is 23.5 Å². The highest BCUT2D eigenvalue weighted by Gasteiger charge is 2.62. The third-order valence-electron chi connectivity index (χ3n) is 8.84. The van der Waals surface area contributed by atoms with E-state index >= 15 is 4.39 Å². The Kier molecular flexibility index (Phi) is 11.6. The topological polar surface area (TPSA) is 83.5 Å². The number of rotatable bonds is 14. The van der Waals surface area contributed by atoms with E-state index in [0.717, 1.165) is 11.1 Å². The molecule has 0 unspecified atom stereocenters. The van der Waals surface area contributed by atoms with Gasteiger partial charge >= 0.3 is 0 Å². The molecule has 1 saturated heterocycles. The number of aliphatic hydroxyl groups is 1. The predicted molar refractivity (Wildman–Crippen MR) is 177 cm³/mol. The molecule has 0 aromatic heterocycles. The van der Waals surface area contributed by atoms with Crippen LogP contribution in [0.2, 0.25) is 5.02 Å². The third-order valence-corrected chi connectivity index (χ3v) is 9.21. The fraction of sp³-hybridized carbons (Fsp3) is 0.342. The second kappa shape index (κ2) is 15.7.